The number of rotatable bonds is 6. The summed E-state index contributed by atoms with van der Waals surface area (Å²) in [5.41, 5.74) is 1.25. The number of carbonyl (C=O) groups is 1. The third kappa shape index (κ3) is 5.26. The molecular formula is C19H20Cl2N2O5S. The molecule has 1 aliphatic heterocycles. The Balaban J connectivity index is 1.60. The smallest absolute Gasteiger partial charge is 0.263 e. The Labute approximate surface area is 179 Å². The van der Waals surface area contributed by atoms with Crippen molar-refractivity contribution < 1.29 is 22.7 Å². The van der Waals surface area contributed by atoms with Crippen molar-refractivity contribution in [2.45, 2.75) is 13.0 Å². The lowest BCUT2D eigenvalue weighted by atomic mass is 10.2. The van der Waals surface area contributed by atoms with E-state index in [0.717, 1.165) is 16.1 Å². The molecule has 0 fully saturated rings. The first-order chi connectivity index (χ1) is 13.6. The molecule has 0 aliphatic carbocycles. The van der Waals surface area contributed by atoms with Crippen LogP contribution in [0.25, 0.3) is 0 Å². The molecule has 3 rings (SSSR count). The van der Waals surface area contributed by atoms with Gasteiger partial charge in [0.1, 0.15) is 18.1 Å². The van der Waals surface area contributed by atoms with Crippen molar-refractivity contribution >= 4 is 44.8 Å². The maximum Gasteiger partial charge on any atom is 0.263 e. The van der Waals surface area contributed by atoms with Crippen LogP contribution in [0, 0.1) is 6.92 Å². The molecule has 7 nitrogen and oxygen atoms in total. The quantitative estimate of drug-likeness (QED) is 0.672. The zero-order valence-corrected chi connectivity index (χ0v) is 18.1. The molecule has 0 unspecified atom stereocenters. The van der Waals surface area contributed by atoms with Crippen LogP contribution in [0.15, 0.2) is 36.4 Å². The van der Waals surface area contributed by atoms with E-state index in [9.17, 15) is 13.2 Å². The fourth-order valence-corrected chi connectivity index (χ4v) is 4.04. The summed E-state index contributed by atoms with van der Waals surface area (Å²) in [6.07, 6.45) is 0.0747. The molecule has 2 aromatic carbocycles. The summed E-state index contributed by atoms with van der Waals surface area (Å²) in [7, 11) is -3.61. The Morgan fingerprint density at radius 2 is 2.03 bits per heavy atom. The molecule has 1 aliphatic rings. The molecule has 10 heteroatoms. The summed E-state index contributed by atoms with van der Waals surface area (Å²) >= 11 is 12.0. The number of nitrogens with one attached hydrogen (secondary N) is 1. The predicted octanol–water partition coefficient (Wildman–Crippen LogP) is 3.02. The number of sulfonamides is 1. The van der Waals surface area contributed by atoms with Gasteiger partial charge in [-0.1, -0.05) is 29.3 Å². The van der Waals surface area contributed by atoms with Crippen LogP contribution < -0.4 is 19.1 Å². The molecule has 0 spiro atoms. The topological polar surface area (TPSA) is 84.9 Å². The van der Waals surface area contributed by atoms with Crippen molar-refractivity contribution in [1.29, 1.82) is 0 Å². The highest BCUT2D eigenvalue weighted by Gasteiger charge is 2.35. The van der Waals surface area contributed by atoms with E-state index in [-0.39, 0.29) is 25.4 Å². The Bertz CT molecular complexity index is 1030. The summed E-state index contributed by atoms with van der Waals surface area (Å²) in [5.74, 6) is 0.430. The fraction of sp³-hybridized carbons (Fsp3) is 0.316. The summed E-state index contributed by atoms with van der Waals surface area (Å²) in [6, 6.07) is 9.94. The first kappa shape index (κ1) is 21.5. The van der Waals surface area contributed by atoms with Crippen molar-refractivity contribution in [2.24, 2.45) is 0 Å². The molecule has 1 amide bonds. The Morgan fingerprint density at radius 1 is 1.28 bits per heavy atom. The third-order valence-corrected chi connectivity index (χ3v) is 6.09. The molecule has 2 aromatic rings. The van der Waals surface area contributed by atoms with E-state index in [1.54, 1.807) is 24.3 Å². The van der Waals surface area contributed by atoms with E-state index in [1.165, 1.54) is 6.07 Å². The van der Waals surface area contributed by atoms with E-state index < -0.39 is 22.0 Å². The van der Waals surface area contributed by atoms with Crippen molar-refractivity contribution in [3.8, 4) is 11.5 Å². The summed E-state index contributed by atoms with van der Waals surface area (Å²) in [5, 5.41) is 3.66. The molecule has 1 atom stereocenters. The second-order valence-electron chi connectivity index (χ2n) is 6.56. The van der Waals surface area contributed by atoms with Crippen LogP contribution in [0.2, 0.25) is 10.0 Å². The molecule has 156 valence electrons. The van der Waals surface area contributed by atoms with Crippen LogP contribution in [0.3, 0.4) is 0 Å². The molecule has 1 N–H and O–H groups in total. The molecule has 29 heavy (non-hydrogen) atoms. The molecule has 0 bridgehead atoms. The zero-order valence-electron chi connectivity index (χ0n) is 15.8. The minimum Gasteiger partial charge on any atom is -0.492 e. The second kappa shape index (κ2) is 8.69. The molecule has 0 saturated heterocycles. The van der Waals surface area contributed by atoms with Crippen molar-refractivity contribution in [3.05, 3.63) is 52.0 Å². The van der Waals surface area contributed by atoms with E-state index in [1.807, 2.05) is 13.0 Å². The van der Waals surface area contributed by atoms with Gasteiger partial charge in [0.05, 0.1) is 25.0 Å². The molecule has 0 saturated carbocycles. The summed E-state index contributed by atoms with van der Waals surface area (Å²) in [4.78, 5) is 12.5. The van der Waals surface area contributed by atoms with Gasteiger partial charge in [-0.25, -0.2) is 8.42 Å². The third-order valence-electron chi connectivity index (χ3n) is 4.30. The number of anilines is 1. The number of halogens is 2. The monoisotopic (exact) mass is 458 g/mol. The maximum atomic E-state index is 12.5. The predicted molar refractivity (Wildman–Crippen MR) is 113 cm³/mol. The summed E-state index contributed by atoms with van der Waals surface area (Å²) in [6.45, 7) is 2.19. The van der Waals surface area contributed by atoms with Crippen LogP contribution in [0.1, 0.15) is 5.56 Å². The van der Waals surface area contributed by atoms with Gasteiger partial charge in [0, 0.05) is 10.0 Å². The van der Waals surface area contributed by atoms with E-state index in [0.29, 0.717) is 21.5 Å². The molecular weight excluding hydrogens is 439 g/mol. The molecule has 1 heterocycles. The van der Waals surface area contributed by atoms with Gasteiger partial charge >= 0.3 is 0 Å². The number of amides is 1. The van der Waals surface area contributed by atoms with Crippen LogP contribution in [0.4, 0.5) is 5.69 Å². The first-order valence-corrected chi connectivity index (χ1v) is 11.4. The van der Waals surface area contributed by atoms with Crippen molar-refractivity contribution in [3.63, 3.8) is 0 Å². The lowest BCUT2D eigenvalue weighted by molar-refractivity contribution is -0.127. The second-order valence-corrected chi connectivity index (χ2v) is 9.31. The van der Waals surface area contributed by atoms with Crippen LogP contribution in [0.5, 0.6) is 11.5 Å². The average Bonchev–Trinajstić information content (AvgIpc) is 2.66. The number of aryl methyl sites for hydroxylation is 1. The number of fused-ring (bicyclic) bond motifs is 1. The molecule has 0 aromatic heterocycles. The lowest BCUT2D eigenvalue weighted by Gasteiger charge is -2.34. The van der Waals surface area contributed by atoms with Crippen LogP contribution >= 0.6 is 23.2 Å². The Morgan fingerprint density at radius 3 is 2.72 bits per heavy atom. The highest BCUT2D eigenvalue weighted by molar-refractivity contribution is 7.92. The average molecular weight is 459 g/mol. The Kier molecular flexibility index (Phi) is 6.45. The number of nitrogens with zero attached hydrogens (tertiary/aromatic N) is 1. The SMILES string of the molecule is Cc1ccc(OCCNC(=O)[C@H]2CN(S(C)(=O)=O)c3cc(Cl)ccc3O2)cc1Cl. The van der Waals surface area contributed by atoms with Gasteiger partial charge < -0.3 is 14.8 Å². The first-order valence-electron chi connectivity index (χ1n) is 8.76. The number of hydrogen-bond acceptors (Lipinski definition) is 5. The van der Waals surface area contributed by atoms with Gasteiger partial charge in [0.15, 0.2) is 6.10 Å². The number of carbonyl (C=O) groups excluding carboxylic acids is 1. The van der Waals surface area contributed by atoms with Gasteiger partial charge in [-0.3, -0.25) is 9.10 Å². The van der Waals surface area contributed by atoms with E-state index in [4.69, 9.17) is 32.7 Å². The maximum absolute atomic E-state index is 12.5. The van der Waals surface area contributed by atoms with Gasteiger partial charge in [-0.15, -0.1) is 0 Å². The highest BCUT2D eigenvalue weighted by atomic mass is 35.5. The normalized spacial score (nSPS) is 16.0. The lowest BCUT2D eigenvalue weighted by Crippen LogP contribution is -2.51. The molecule has 0 radical (unpaired) electrons. The van der Waals surface area contributed by atoms with E-state index in [2.05, 4.69) is 5.32 Å². The van der Waals surface area contributed by atoms with Crippen LogP contribution in [-0.4, -0.2) is 46.4 Å². The highest BCUT2D eigenvalue weighted by Crippen LogP contribution is 2.37. The number of ether oxygens (including phenoxy) is 2. The number of hydrogen-bond donors (Lipinski definition) is 1. The van der Waals surface area contributed by atoms with Gasteiger partial charge in [-0.2, -0.15) is 0 Å². The standard InChI is InChI=1S/C19H20Cl2N2O5S/c1-12-3-5-14(10-15(12)21)27-8-7-22-19(24)18-11-23(29(2,25)26)16-9-13(20)4-6-17(16)28-18/h3-6,9-10,18H,7-8,11H2,1-2H3,(H,22,24)/t18-/m1/s1. The number of benzene rings is 2. The van der Waals surface area contributed by atoms with Gasteiger partial charge in [-0.05, 0) is 42.8 Å². The van der Waals surface area contributed by atoms with Crippen molar-refractivity contribution in [1.82, 2.24) is 5.32 Å². The minimum absolute atomic E-state index is 0.146. The van der Waals surface area contributed by atoms with Gasteiger partial charge in [0.2, 0.25) is 10.0 Å². The van der Waals surface area contributed by atoms with Crippen molar-refractivity contribution in [2.75, 3.05) is 30.3 Å². The largest absolute Gasteiger partial charge is 0.492 e. The van der Waals surface area contributed by atoms with Crippen LogP contribution in [-0.2, 0) is 14.8 Å². The fourth-order valence-electron chi connectivity index (χ4n) is 2.80. The zero-order chi connectivity index (χ0) is 21.2. The minimum atomic E-state index is -3.61. The Hall–Kier alpha value is -2.16. The summed E-state index contributed by atoms with van der Waals surface area (Å²) < 4.78 is 36.7. The van der Waals surface area contributed by atoms with E-state index >= 15 is 0 Å². The van der Waals surface area contributed by atoms with Gasteiger partial charge in [0.25, 0.3) is 5.91 Å².